The van der Waals surface area contributed by atoms with Crippen LogP contribution in [0.15, 0.2) is 48.0 Å². The van der Waals surface area contributed by atoms with Gasteiger partial charge in [0.1, 0.15) is 29.7 Å². The molecule has 0 fully saturated rings. The van der Waals surface area contributed by atoms with Gasteiger partial charge in [-0.05, 0) is 24.3 Å². The van der Waals surface area contributed by atoms with Crippen LogP contribution in [-0.2, 0) is 10.0 Å². The molecule has 11 heteroatoms. The lowest BCUT2D eigenvalue weighted by atomic mass is 10.1. The van der Waals surface area contributed by atoms with Crippen molar-refractivity contribution in [3.05, 3.63) is 54.6 Å². The van der Waals surface area contributed by atoms with Crippen molar-refractivity contribution in [3.63, 3.8) is 0 Å². The minimum atomic E-state index is -4.11. The lowest BCUT2D eigenvalue weighted by Gasteiger charge is -2.13. The van der Waals surface area contributed by atoms with Gasteiger partial charge >= 0.3 is 0 Å². The fourth-order valence-corrected chi connectivity index (χ4v) is 3.53. The van der Waals surface area contributed by atoms with Gasteiger partial charge in [-0.2, -0.15) is 4.98 Å². The molecule has 0 radical (unpaired) electrons. The molecule has 158 valence electrons. The van der Waals surface area contributed by atoms with Crippen LogP contribution >= 0.6 is 0 Å². The molecule has 2 N–H and O–H groups in total. The maximum atomic E-state index is 14.0. The Morgan fingerprint density at radius 2 is 2.07 bits per heavy atom. The van der Waals surface area contributed by atoms with Gasteiger partial charge in [-0.3, -0.25) is 0 Å². The number of anilines is 1. The summed E-state index contributed by atoms with van der Waals surface area (Å²) in [6.45, 7) is 2.58. The fourth-order valence-electron chi connectivity index (χ4n) is 2.59. The van der Waals surface area contributed by atoms with Crippen molar-refractivity contribution in [2.45, 2.75) is 4.90 Å². The van der Waals surface area contributed by atoms with Crippen molar-refractivity contribution in [1.82, 2.24) is 15.0 Å². The zero-order chi connectivity index (χ0) is 21.7. The Kier molecular flexibility index (Phi) is 6.31. The smallest absolute Gasteiger partial charge is 0.265 e. The summed E-state index contributed by atoms with van der Waals surface area (Å²) in [7, 11) is -2.82. The minimum Gasteiger partial charge on any atom is -0.484 e. The Bertz CT molecular complexity index is 1170. The van der Waals surface area contributed by atoms with E-state index in [1.165, 1.54) is 43.6 Å². The number of methoxy groups -OCH3 is 1. The number of nitrogens with zero attached hydrogens (tertiary/aromatic N) is 2. The third-order valence-electron chi connectivity index (χ3n) is 3.93. The Hall–Kier alpha value is -3.47. The lowest BCUT2D eigenvalue weighted by molar-refractivity contribution is 0.255. The molecule has 0 aliphatic rings. The van der Waals surface area contributed by atoms with Gasteiger partial charge in [-0.25, -0.2) is 26.9 Å². The summed E-state index contributed by atoms with van der Waals surface area (Å²) in [6, 6.07) is 7.24. The van der Waals surface area contributed by atoms with Gasteiger partial charge < -0.3 is 14.5 Å². The molecule has 0 saturated heterocycles. The van der Waals surface area contributed by atoms with Crippen molar-refractivity contribution >= 4 is 22.0 Å². The van der Waals surface area contributed by atoms with Crippen LogP contribution in [-0.4, -0.2) is 43.8 Å². The van der Waals surface area contributed by atoms with Gasteiger partial charge in [0.05, 0.1) is 7.11 Å². The van der Waals surface area contributed by atoms with Crippen molar-refractivity contribution in [1.29, 1.82) is 0 Å². The third kappa shape index (κ3) is 4.40. The van der Waals surface area contributed by atoms with Crippen LogP contribution in [0, 0.1) is 5.82 Å². The van der Waals surface area contributed by atoms with E-state index in [4.69, 9.17) is 9.47 Å². The molecule has 0 amide bonds. The number of halogens is 2. The second kappa shape index (κ2) is 8.91. The van der Waals surface area contributed by atoms with Crippen LogP contribution in [0.5, 0.6) is 11.6 Å². The molecule has 0 spiro atoms. The van der Waals surface area contributed by atoms with Crippen molar-refractivity contribution < 1.29 is 26.7 Å². The first-order valence-electron chi connectivity index (χ1n) is 8.63. The topological polar surface area (TPSA) is 106 Å². The standard InChI is InChI=1S/C19H18F2N4O4S/c1-3-15-17(29-9-8-20)18(28-2)24-19(23-15)25-30(26,27)12-10-16(22-11-12)13-6-4-5-7-14(13)21/h3-7,10-11,22H,1,8-9H2,2H3,(H,23,24,25). The Morgan fingerprint density at radius 1 is 1.30 bits per heavy atom. The van der Waals surface area contributed by atoms with E-state index in [0.29, 0.717) is 0 Å². The second-order valence-corrected chi connectivity index (χ2v) is 7.53. The van der Waals surface area contributed by atoms with E-state index in [-0.39, 0.29) is 46.0 Å². The van der Waals surface area contributed by atoms with Crippen LogP contribution in [0.25, 0.3) is 17.3 Å². The van der Waals surface area contributed by atoms with Crippen molar-refractivity contribution in [2.75, 3.05) is 25.1 Å². The summed E-state index contributed by atoms with van der Waals surface area (Å²) >= 11 is 0. The van der Waals surface area contributed by atoms with Gasteiger partial charge in [0.25, 0.3) is 15.9 Å². The van der Waals surface area contributed by atoms with Crippen LogP contribution in [0.1, 0.15) is 5.69 Å². The molecule has 8 nitrogen and oxygen atoms in total. The normalized spacial score (nSPS) is 11.2. The monoisotopic (exact) mass is 436 g/mol. The van der Waals surface area contributed by atoms with E-state index in [1.807, 2.05) is 0 Å². The van der Waals surface area contributed by atoms with Crippen molar-refractivity contribution in [3.8, 4) is 22.9 Å². The molecular weight excluding hydrogens is 418 g/mol. The molecule has 2 aromatic heterocycles. The number of aromatic nitrogens is 3. The highest BCUT2D eigenvalue weighted by atomic mass is 32.2. The number of sulfonamides is 1. The molecule has 0 atom stereocenters. The summed E-state index contributed by atoms with van der Waals surface area (Å²) in [6.07, 6.45) is 2.51. The fraction of sp³-hybridized carbons (Fsp3) is 0.158. The number of hydrogen-bond acceptors (Lipinski definition) is 6. The highest BCUT2D eigenvalue weighted by Gasteiger charge is 2.22. The Labute approximate surface area is 171 Å². The quantitative estimate of drug-likeness (QED) is 0.533. The van der Waals surface area contributed by atoms with Crippen molar-refractivity contribution in [2.24, 2.45) is 0 Å². The minimum absolute atomic E-state index is 0.0385. The first-order chi connectivity index (χ1) is 14.4. The SMILES string of the molecule is C=Cc1nc(NS(=O)(=O)c2c[nH]c(-c3ccccc3F)c2)nc(OC)c1OCCF. The number of H-pyrrole nitrogens is 1. The molecule has 1 aromatic carbocycles. The zero-order valence-corrected chi connectivity index (χ0v) is 16.7. The van der Waals surface area contributed by atoms with E-state index < -0.39 is 22.5 Å². The average molecular weight is 436 g/mol. The molecular formula is C19H18F2N4O4S. The zero-order valence-electron chi connectivity index (χ0n) is 15.9. The van der Waals surface area contributed by atoms with Gasteiger partial charge in [-0.1, -0.05) is 18.7 Å². The molecule has 0 unspecified atom stereocenters. The van der Waals surface area contributed by atoms with E-state index in [1.54, 1.807) is 6.07 Å². The predicted molar refractivity (Wildman–Crippen MR) is 107 cm³/mol. The molecule has 0 aliphatic heterocycles. The molecule has 3 aromatic rings. The average Bonchev–Trinajstić information content (AvgIpc) is 3.23. The van der Waals surface area contributed by atoms with Gasteiger partial charge in [0.15, 0.2) is 0 Å². The number of hydrogen-bond donors (Lipinski definition) is 2. The predicted octanol–water partition coefficient (Wildman–Crippen LogP) is 3.41. The Morgan fingerprint density at radius 3 is 2.73 bits per heavy atom. The highest BCUT2D eigenvalue weighted by molar-refractivity contribution is 7.92. The van der Waals surface area contributed by atoms with Gasteiger partial charge in [0.2, 0.25) is 11.7 Å². The van der Waals surface area contributed by atoms with E-state index in [2.05, 4.69) is 26.3 Å². The van der Waals surface area contributed by atoms with Gasteiger partial charge in [-0.15, -0.1) is 0 Å². The van der Waals surface area contributed by atoms with Crippen LogP contribution in [0.4, 0.5) is 14.7 Å². The number of benzene rings is 1. The molecule has 3 rings (SSSR count). The number of aromatic amines is 1. The second-order valence-electron chi connectivity index (χ2n) is 5.85. The molecule has 2 heterocycles. The summed E-state index contributed by atoms with van der Waals surface area (Å²) < 4.78 is 64.4. The summed E-state index contributed by atoms with van der Waals surface area (Å²) in [5, 5.41) is 0. The molecule has 0 aliphatic carbocycles. The van der Waals surface area contributed by atoms with E-state index in [9.17, 15) is 17.2 Å². The van der Waals surface area contributed by atoms with E-state index in [0.717, 1.165) is 0 Å². The third-order valence-corrected chi connectivity index (χ3v) is 5.24. The van der Waals surface area contributed by atoms with E-state index >= 15 is 0 Å². The largest absolute Gasteiger partial charge is 0.484 e. The Balaban J connectivity index is 1.92. The number of nitrogens with one attached hydrogen (secondary N) is 2. The number of rotatable bonds is 9. The number of alkyl halides is 1. The van der Waals surface area contributed by atoms with Crippen LogP contribution < -0.4 is 14.2 Å². The molecule has 0 saturated carbocycles. The summed E-state index contributed by atoms with van der Waals surface area (Å²) in [4.78, 5) is 10.6. The first kappa shape index (κ1) is 21.2. The molecule has 0 bridgehead atoms. The highest BCUT2D eigenvalue weighted by Crippen LogP contribution is 2.31. The first-order valence-corrected chi connectivity index (χ1v) is 10.1. The summed E-state index contributed by atoms with van der Waals surface area (Å²) in [5.41, 5.74) is 0.628. The number of ether oxygens (including phenoxy) is 2. The van der Waals surface area contributed by atoms with Gasteiger partial charge in [0, 0.05) is 17.5 Å². The maximum absolute atomic E-state index is 14.0. The summed E-state index contributed by atoms with van der Waals surface area (Å²) in [5.74, 6) is -0.851. The van der Waals surface area contributed by atoms with Crippen LogP contribution in [0.3, 0.4) is 0 Å². The molecule has 30 heavy (non-hydrogen) atoms. The van der Waals surface area contributed by atoms with Crippen LogP contribution in [0.2, 0.25) is 0 Å². The maximum Gasteiger partial charge on any atom is 0.265 e. The lowest BCUT2D eigenvalue weighted by Crippen LogP contribution is -2.16.